The summed E-state index contributed by atoms with van der Waals surface area (Å²) in [5.74, 6) is 0.738. The number of hydrogen-bond acceptors (Lipinski definition) is 4. The van der Waals surface area contributed by atoms with Gasteiger partial charge in [-0.15, -0.1) is 0 Å². The second-order valence-corrected chi connectivity index (χ2v) is 8.92. The molecule has 3 rings (SSSR count). The number of pyridine rings is 1. The minimum atomic E-state index is -0.515. The van der Waals surface area contributed by atoms with E-state index in [2.05, 4.69) is 10.3 Å². The van der Waals surface area contributed by atoms with E-state index in [-0.39, 0.29) is 10.6 Å². The number of carbonyl (C=O) groups is 1. The molecule has 2 fully saturated rings. The number of amides is 1. The van der Waals surface area contributed by atoms with Gasteiger partial charge in [-0.05, 0) is 58.2 Å². The zero-order valence-corrected chi connectivity index (χ0v) is 16.2. The van der Waals surface area contributed by atoms with Gasteiger partial charge in [-0.2, -0.15) is 9.28 Å². The third-order valence-electron chi connectivity index (χ3n) is 5.61. The Morgan fingerprint density at radius 2 is 1.84 bits per heavy atom. The van der Waals surface area contributed by atoms with E-state index in [1.54, 1.807) is 6.20 Å². The van der Waals surface area contributed by atoms with Gasteiger partial charge < -0.3 is 10.1 Å². The smallest absolute Gasteiger partial charge is 0.414 e. The Kier molecular flexibility index (Phi) is 5.11. The molecule has 1 N–H and O–H groups in total. The van der Waals surface area contributed by atoms with Crippen LogP contribution in [0.4, 0.5) is 10.6 Å². The third-order valence-corrected chi connectivity index (χ3v) is 5.83. The molecule has 2 saturated heterocycles. The second-order valence-electron chi connectivity index (χ2n) is 8.48. The zero-order valence-electron chi connectivity index (χ0n) is 15.5. The number of nitrogens with one attached hydrogen (secondary N) is 1. The van der Waals surface area contributed by atoms with Crippen LogP contribution in [-0.4, -0.2) is 42.9 Å². The Hall–Kier alpha value is -1.17. The summed E-state index contributed by atoms with van der Waals surface area (Å²) in [5.41, 5.74) is -0.153. The van der Waals surface area contributed by atoms with E-state index in [4.69, 9.17) is 16.3 Å². The van der Waals surface area contributed by atoms with E-state index >= 15 is 0 Å². The first-order valence-electron chi connectivity index (χ1n) is 9.18. The normalized spacial score (nSPS) is 22.6. The van der Waals surface area contributed by atoms with E-state index in [0.29, 0.717) is 10.4 Å². The van der Waals surface area contributed by atoms with Gasteiger partial charge >= 0.3 is 6.09 Å². The number of quaternary nitrogens is 1. The van der Waals surface area contributed by atoms with Gasteiger partial charge in [0, 0.05) is 18.9 Å². The van der Waals surface area contributed by atoms with Crippen LogP contribution in [0.25, 0.3) is 0 Å². The van der Waals surface area contributed by atoms with Crippen molar-refractivity contribution in [2.75, 3.05) is 26.2 Å². The molecule has 25 heavy (non-hydrogen) atoms. The van der Waals surface area contributed by atoms with Gasteiger partial charge in [0.2, 0.25) is 5.82 Å². The van der Waals surface area contributed by atoms with Crippen LogP contribution in [0.2, 0.25) is 5.02 Å². The van der Waals surface area contributed by atoms with Gasteiger partial charge in [-0.1, -0.05) is 11.6 Å². The number of halogens is 1. The lowest BCUT2D eigenvalue weighted by molar-refractivity contribution is 0.00666. The molecule has 0 bridgehead atoms. The highest BCUT2D eigenvalue weighted by molar-refractivity contribution is 6.30. The molecule has 0 saturated carbocycles. The number of rotatable bonds is 1. The fourth-order valence-corrected chi connectivity index (χ4v) is 4.14. The highest BCUT2D eigenvalue weighted by atomic mass is 35.5. The number of carbonyl (C=O) groups excluding carboxylic acids is 1. The number of ether oxygens (including phenoxy) is 1. The predicted molar refractivity (Wildman–Crippen MR) is 101 cm³/mol. The molecule has 1 aromatic heterocycles. The summed E-state index contributed by atoms with van der Waals surface area (Å²) in [6.45, 7) is 9.36. The molecule has 1 spiro atoms. The second kappa shape index (κ2) is 6.86. The first-order valence-corrected chi connectivity index (χ1v) is 9.56. The zero-order chi connectivity index (χ0) is 18.1. The molecule has 6 heteroatoms. The lowest BCUT2D eigenvalue weighted by Crippen LogP contribution is -2.62. The summed E-state index contributed by atoms with van der Waals surface area (Å²) in [6.07, 6.45) is 5.85. The molecule has 3 heterocycles. The average molecular weight is 367 g/mol. The number of piperidine rings is 2. The first-order chi connectivity index (χ1) is 11.7. The molecular weight excluding hydrogens is 338 g/mol. The number of aromatic nitrogens is 1. The van der Waals surface area contributed by atoms with Crippen LogP contribution < -0.4 is 9.80 Å². The highest BCUT2D eigenvalue weighted by Gasteiger charge is 2.51. The first kappa shape index (κ1) is 18.6. The maximum Gasteiger partial charge on any atom is 0.523 e. The largest absolute Gasteiger partial charge is 0.523 e. The number of hydrogen-bond donors (Lipinski definition) is 1. The van der Waals surface area contributed by atoms with Crippen LogP contribution >= 0.6 is 11.6 Å². The Morgan fingerprint density at radius 3 is 2.36 bits per heavy atom. The van der Waals surface area contributed by atoms with Crippen molar-refractivity contribution in [1.82, 2.24) is 14.8 Å². The summed E-state index contributed by atoms with van der Waals surface area (Å²) in [5, 5.41) is 4.03. The minimum absolute atomic E-state index is 0.170. The van der Waals surface area contributed by atoms with Gasteiger partial charge in [-0.3, -0.25) is 0 Å². The van der Waals surface area contributed by atoms with E-state index in [1.165, 1.54) is 12.8 Å². The molecule has 0 atom stereocenters. The molecule has 2 aliphatic heterocycles. The van der Waals surface area contributed by atoms with E-state index < -0.39 is 5.60 Å². The maximum atomic E-state index is 13.2. The lowest BCUT2D eigenvalue weighted by Gasteiger charge is -2.47. The van der Waals surface area contributed by atoms with Gasteiger partial charge in [0.25, 0.3) is 0 Å². The van der Waals surface area contributed by atoms with Crippen molar-refractivity contribution < 1.29 is 9.53 Å². The van der Waals surface area contributed by atoms with Crippen molar-refractivity contribution in [1.29, 1.82) is 0 Å². The monoisotopic (exact) mass is 366 g/mol. The molecule has 0 unspecified atom stereocenters. The van der Waals surface area contributed by atoms with Crippen LogP contribution in [0, 0.1) is 5.41 Å². The van der Waals surface area contributed by atoms with Crippen LogP contribution in [-0.2, 0) is 4.74 Å². The molecule has 138 valence electrons. The quantitative estimate of drug-likeness (QED) is 0.759. The van der Waals surface area contributed by atoms with Crippen LogP contribution in [0.3, 0.4) is 0 Å². The van der Waals surface area contributed by atoms with Crippen molar-refractivity contribution in [3.8, 4) is 0 Å². The van der Waals surface area contributed by atoms with Crippen molar-refractivity contribution in [3.63, 3.8) is 0 Å². The summed E-state index contributed by atoms with van der Waals surface area (Å²) >= 11 is 6.01. The number of likely N-dealkylation sites (tertiary alicyclic amines) is 1. The summed E-state index contributed by atoms with van der Waals surface area (Å²) in [7, 11) is 0. The Balaban J connectivity index is 1.88. The van der Waals surface area contributed by atoms with Crippen molar-refractivity contribution in [2.24, 2.45) is 5.41 Å². The molecule has 1 aromatic rings. The molecule has 1 amide bonds. The molecule has 2 aliphatic rings. The fraction of sp³-hybridized carbons (Fsp3) is 0.684. The van der Waals surface area contributed by atoms with Gasteiger partial charge in [-0.25, -0.2) is 4.98 Å². The summed E-state index contributed by atoms with van der Waals surface area (Å²) < 4.78 is 5.96. The highest BCUT2D eigenvalue weighted by Crippen LogP contribution is 2.43. The van der Waals surface area contributed by atoms with Crippen molar-refractivity contribution >= 4 is 23.5 Å². The van der Waals surface area contributed by atoms with Crippen molar-refractivity contribution in [3.05, 3.63) is 23.4 Å². The molecule has 0 radical (unpaired) electrons. The predicted octanol–water partition coefficient (Wildman–Crippen LogP) is 4.14. The van der Waals surface area contributed by atoms with Crippen LogP contribution in [0.1, 0.15) is 46.5 Å². The van der Waals surface area contributed by atoms with Gasteiger partial charge in [0.15, 0.2) is 0 Å². The van der Waals surface area contributed by atoms with Gasteiger partial charge in [0.1, 0.15) is 5.60 Å². The molecule has 0 aromatic carbocycles. The van der Waals surface area contributed by atoms with E-state index in [0.717, 1.165) is 44.8 Å². The van der Waals surface area contributed by atoms with Crippen molar-refractivity contribution in [2.45, 2.75) is 52.1 Å². The fourth-order valence-electron chi connectivity index (χ4n) is 4.03. The SMILES string of the molecule is CC(C)(C)OC(=O)[N+]1(c2ccc(Cl)cn2)CCC2(CCNCC2)CC1. The Morgan fingerprint density at radius 1 is 1.20 bits per heavy atom. The Labute approximate surface area is 155 Å². The van der Waals surface area contributed by atoms with Gasteiger partial charge in [0.05, 0.1) is 24.3 Å². The third kappa shape index (κ3) is 3.99. The standard InChI is InChI=1S/C19H29ClN3O2/c1-18(2,3)25-17(24)23(16-5-4-15(20)14-22-16)12-8-19(9-13-23)6-10-21-11-7-19/h4-5,14,21H,6-13H2,1-3H3/q+1. The average Bonchev–Trinajstić information content (AvgIpc) is 2.56. The van der Waals surface area contributed by atoms with E-state index in [1.807, 2.05) is 32.9 Å². The molecule has 0 aliphatic carbocycles. The minimum Gasteiger partial charge on any atom is -0.414 e. The Bertz CT molecular complexity index is 609. The summed E-state index contributed by atoms with van der Waals surface area (Å²) in [6, 6.07) is 3.68. The lowest BCUT2D eigenvalue weighted by atomic mass is 9.71. The molecule has 5 nitrogen and oxygen atoms in total. The maximum absolute atomic E-state index is 13.2. The molecular formula is C19H29ClN3O2+. The summed E-state index contributed by atoms with van der Waals surface area (Å²) in [4.78, 5) is 17.6. The van der Waals surface area contributed by atoms with E-state index in [9.17, 15) is 4.79 Å². The van der Waals surface area contributed by atoms with Crippen LogP contribution in [0.15, 0.2) is 18.3 Å². The topological polar surface area (TPSA) is 51.2 Å². The van der Waals surface area contributed by atoms with Crippen LogP contribution in [0.5, 0.6) is 0 Å². The number of nitrogens with zero attached hydrogens (tertiary/aromatic N) is 2.